The van der Waals surface area contributed by atoms with Crippen molar-refractivity contribution in [1.29, 1.82) is 0 Å². The molecule has 0 radical (unpaired) electrons. The van der Waals surface area contributed by atoms with Crippen LogP contribution in [0.25, 0.3) is 0 Å². The summed E-state index contributed by atoms with van der Waals surface area (Å²) in [7, 11) is 1.48. The molecule has 1 aromatic heterocycles. The number of aromatic amines is 1. The summed E-state index contributed by atoms with van der Waals surface area (Å²) in [6, 6.07) is 0. The van der Waals surface area contributed by atoms with E-state index in [1.807, 2.05) is 0 Å². The molecule has 0 aliphatic heterocycles. The van der Waals surface area contributed by atoms with E-state index >= 15 is 0 Å². The zero-order chi connectivity index (χ0) is 20.1. The van der Waals surface area contributed by atoms with Crippen LogP contribution in [0.1, 0.15) is 82.7 Å². The molecule has 0 spiro atoms. The van der Waals surface area contributed by atoms with Crippen molar-refractivity contribution in [3.8, 4) is 0 Å². The minimum atomic E-state index is -0.168. The number of hydrogen-bond acceptors (Lipinski definition) is 4. The van der Waals surface area contributed by atoms with Crippen molar-refractivity contribution in [1.82, 2.24) is 10.2 Å². The van der Waals surface area contributed by atoms with Gasteiger partial charge in [-0.1, -0.05) is 27.2 Å². The van der Waals surface area contributed by atoms with Gasteiger partial charge in [0.15, 0.2) is 0 Å². The number of aliphatic hydroxyl groups is 1. The van der Waals surface area contributed by atoms with Crippen molar-refractivity contribution < 1.29 is 14.6 Å². The molecule has 1 heterocycles. The minimum Gasteiger partial charge on any atom is -0.469 e. The fourth-order valence-electron chi connectivity index (χ4n) is 7.19. The first-order valence-electron chi connectivity index (χ1n) is 11.2. The standard InChI is InChI=1S/C23H36N2O3/c1-5-6-17-21-18(25-24-17)13-14-15-7-8-19(26)22(15,2)11-9-16(14)23(21,3)12-10-20(27)28-4/h14-16,19,26H,5-13H2,1-4H3,(H,24,25). The SMILES string of the molecule is CCCc1n[nH]c2c1C(C)(CCC(=O)OC)C1CCC3(C)C(O)CCC3C1C2. The summed E-state index contributed by atoms with van der Waals surface area (Å²) in [5.74, 6) is 1.54. The average Bonchev–Trinajstić information content (AvgIpc) is 3.22. The molecule has 3 aliphatic carbocycles. The van der Waals surface area contributed by atoms with Crippen molar-refractivity contribution in [3.63, 3.8) is 0 Å². The highest BCUT2D eigenvalue weighted by Gasteiger charge is 2.59. The predicted octanol–water partition coefficient (Wildman–Crippen LogP) is 3.93. The van der Waals surface area contributed by atoms with Crippen LogP contribution in [-0.4, -0.2) is 34.5 Å². The maximum Gasteiger partial charge on any atom is 0.305 e. The Morgan fingerprint density at radius 1 is 1.29 bits per heavy atom. The molecule has 0 saturated heterocycles. The van der Waals surface area contributed by atoms with Crippen molar-refractivity contribution in [2.24, 2.45) is 23.2 Å². The van der Waals surface area contributed by atoms with Gasteiger partial charge in [0.25, 0.3) is 0 Å². The molecule has 28 heavy (non-hydrogen) atoms. The average molecular weight is 389 g/mol. The van der Waals surface area contributed by atoms with Gasteiger partial charge >= 0.3 is 5.97 Å². The number of carbonyl (C=O) groups excluding carboxylic acids is 1. The highest BCUT2D eigenvalue weighted by Crippen LogP contribution is 2.63. The summed E-state index contributed by atoms with van der Waals surface area (Å²) in [5.41, 5.74) is 3.86. The molecule has 0 aromatic carbocycles. The van der Waals surface area contributed by atoms with Gasteiger partial charge in [-0.2, -0.15) is 5.10 Å². The Hall–Kier alpha value is -1.36. The number of H-pyrrole nitrogens is 1. The van der Waals surface area contributed by atoms with Gasteiger partial charge in [0, 0.05) is 17.7 Å². The molecular weight excluding hydrogens is 352 g/mol. The Morgan fingerprint density at radius 3 is 2.79 bits per heavy atom. The number of esters is 1. The first-order valence-corrected chi connectivity index (χ1v) is 11.2. The monoisotopic (exact) mass is 388 g/mol. The number of fused-ring (bicyclic) bond motifs is 4. The fraction of sp³-hybridized carbons (Fsp3) is 0.826. The topological polar surface area (TPSA) is 75.2 Å². The van der Waals surface area contributed by atoms with Crippen molar-refractivity contribution >= 4 is 5.97 Å². The van der Waals surface area contributed by atoms with Gasteiger partial charge in [-0.3, -0.25) is 9.89 Å². The highest BCUT2D eigenvalue weighted by atomic mass is 16.5. The van der Waals surface area contributed by atoms with Crippen molar-refractivity contribution in [3.05, 3.63) is 17.0 Å². The first kappa shape index (κ1) is 19.9. The zero-order valence-corrected chi connectivity index (χ0v) is 17.9. The Bertz CT molecular complexity index is 744. The Kier molecular flexibility index (Phi) is 5.09. The molecule has 2 N–H and O–H groups in total. The van der Waals surface area contributed by atoms with E-state index in [1.165, 1.54) is 24.1 Å². The van der Waals surface area contributed by atoms with Crippen LogP contribution < -0.4 is 0 Å². The lowest BCUT2D eigenvalue weighted by atomic mass is 9.48. The molecule has 6 unspecified atom stereocenters. The van der Waals surface area contributed by atoms with Crippen LogP contribution in [0.15, 0.2) is 0 Å². The number of carbonyl (C=O) groups is 1. The number of aromatic nitrogens is 2. The third-order valence-corrected chi connectivity index (χ3v) is 8.70. The molecule has 6 atom stereocenters. The molecule has 156 valence electrons. The third kappa shape index (κ3) is 2.84. The summed E-state index contributed by atoms with van der Waals surface area (Å²) < 4.78 is 4.97. The van der Waals surface area contributed by atoms with Crippen LogP contribution in [-0.2, 0) is 27.8 Å². The van der Waals surface area contributed by atoms with E-state index < -0.39 is 0 Å². The van der Waals surface area contributed by atoms with Crippen LogP contribution in [0.5, 0.6) is 0 Å². The van der Waals surface area contributed by atoms with E-state index in [0.717, 1.165) is 51.4 Å². The smallest absolute Gasteiger partial charge is 0.305 e. The lowest BCUT2D eigenvalue weighted by Crippen LogP contribution is -2.52. The number of methoxy groups -OCH3 is 1. The second kappa shape index (κ2) is 7.16. The normalized spacial score (nSPS) is 39.2. The van der Waals surface area contributed by atoms with Crippen molar-refractivity contribution in [2.75, 3.05) is 7.11 Å². The van der Waals surface area contributed by atoms with Gasteiger partial charge in [0.2, 0.25) is 0 Å². The van der Waals surface area contributed by atoms with Crippen molar-refractivity contribution in [2.45, 2.75) is 90.1 Å². The van der Waals surface area contributed by atoms with Crippen LogP contribution in [0, 0.1) is 23.2 Å². The molecule has 3 aliphatic rings. The van der Waals surface area contributed by atoms with Gasteiger partial charge in [0.1, 0.15) is 0 Å². The van der Waals surface area contributed by atoms with Gasteiger partial charge in [-0.05, 0) is 73.5 Å². The predicted molar refractivity (Wildman–Crippen MR) is 108 cm³/mol. The summed E-state index contributed by atoms with van der Waals surface area (Å²) >= 11 is 0. The number of ether oxygens (including phenoxy) is 1. The number of rotatable bonds is 5. The lowest BCUT2D eigenvalue weighted by Gasteiger charge is -2.56. The number of aryl methyl sites for hydroxylation is 1. The van der Waals surface area contributed by atoms with Crippen LogP contribution in [0.3, 0.4) is 0 Å². The third-order valence-electron chi connectivity index (χ3n) is 8.70. The van der Waals surface area contributed by atoms with Gasteiger partial charge in [0.05, 0.1) is 18.9 Å². The summed E-state index contributed by atoms with van der Waals surface area (Å²) in [6.07, 6.45) is 8.47. The fourth-order valence-corrected chi connectivity index (χ4v) is 7.19. The van der Waals surface area contributed by atoms with E-state index in [0.29, 0.717) is 24.2 Å². The van der Waals surface area contributed by atoms with Gasteiger partial charge in [-0.15, -0.1) is 0 Å². The second-order valence-electron chi connectivity index (χ2n) is 9.99. The molecule has 2 saturated carbocycles. The quantitative estimate of drug-likeness (QED) is 0.750. The summed E-state index contributed by atoms with van der Waals surface area (Å²) in [4.78, 5) is 12.0. The summed E-state index contributed by atoms with van der Waals surface area (Å²) in [6.45, 7) is 6.88. The largest absolute Gasteiger partial charge is 0.469 e. The lowest BCUT2D eigenvalue weighted by molar-refractivity contribution is -0.141. The van der Waals surface area contributed by atoms with Crippen LogP contribution in [0.4, 0.5) is 0 Å². The molecule has 1 aromatic rings. The van der Waals surface area contributed by atoms with Crippen LogP contribution in [0.2, 0.25) is 0 Å². The number of nitrogens with zero attached hydrogens (tertiary/aromatic N) is 1. The first-order chi connectivity index (χ1) is 13.3. The van der Waals surface area contributed by atoms with Crippen LogP contribution >= 0.6 is 0 Å². The molecule has 5 heteroatoms. The molecule has 0 amide bonds. The zero-order valence-electron chi connectivity index (χ0n) is 17.9. The highest BCUT2D eigenvalue weighted by molar-refractivity contribution is 5.69. The molecular formula is C23H36N2O3. The second-order valence-corrected chi connectivity index (χ2v) is 9.99. The van der Waals surface area contributed by atoms with E-state index in [2.05, 4.69) is 25.9 Å². The Morgan fingerprint density at radius 2 is 2.07 bits per heavy atom. The number of nitrogens with one attached hydrogen (secondary N) is 1. The van der Waals surface area contributed by atoms with E-state index in [1.54, 1.807) is 0 Å². The maximum absolute atomic E-state index is 12.0. The minimum absolute atomic E-state index is 0.0498. The maximum atomic E-state index is 12.0. The molecule has 5 nitrogen and oxygen atoms in total. The Labute approximate surface area is 168 Å². The Balaban J connectivity index is 1.74. The van der Waals surface area contributed by atoms with Gasteiger partial charge < -0.3 is 9.84 Å². The number of aliphatic hydroxyl groups excluding tert-OH is 1. The molecule has 0 bridgehead atoms. The van der Waals surface area contributed by atoms with Gasteiger partial charge in [-0.25, -0.2) is 0 Å². The van der Waals surface area contributed by atoms with E-state index in [-0.39, 0.29) is 22.9 Å². The number of hydrogen-bond donors (Lipinski definition) is 2. The van der Waals surface area contributed by atoms with E-state index in [4.69, 9.17) is 9.84 Å². The van der Waals surface area contributed by atoms with E-state index in [9.17, 15) is 9.90 Å². The molecule has 4 rings (SSSR count). The summed E-state index contributed by atoms with van der Waals surface area (Å²) in [5, 5.41) is 18.8. The molecule has 2 fully saturated rings.